The number of primary amides is 1. The van der Waals surface area contributed by atoms with Crippen molar-refractivity contribution >= 4 is 11.9 Å². The zero-order valence-electron chi connectivity index (χ0n) is 11.5. The Balaban J connectivity index is 2.58. The van der Waals surface area contributed by atoms with Crippen molar-refractivity contribution in [3.8, 4) is 0 Å². The van der Waals surface area contributed by atoms with Crippen molar-refractivity contribution in [2.45, 2.75) is 39.5 Å². The molecule has 3 amide bonds. The van der Waals surface area contributed by atoms with Crippen LogP contribution in [0.4, 0.5) is 4.79 Å². The van der Waals surface area contributed by atoms with Gasteiger partial charge in [0, 0.05) is 19.6 Å². The van der Waals surface area contributed by atoms with E-state index in [1.165, 1.54) is 6.42 Å². The van der Waals surface area contributed by atoms with Crippen molar-refractivity contribution in [3.63, 3.8) is 0 Å². The summed E-state index contributed by atoms with van der Waals surface area (Å²) in [6.45, 7) is 6.46. The summed E-state index contributed by atoms with van der Waals surface area (Å²) in [5, 5.41) is 0. The molecule has 0 spiro atoms. The Kier molecular flexibility index (Phi) is 5.95. The first-order chi connectivity index (χ1) is 8.54. The van der Waals surface area contributed by atoms with Crippen LogP contribution in [0.15, 0.2) is 0 Å². The summed E-state index contributed by atoms with van der Waals surface area (Å²) in [6, 6.07) is -0.0335. The van der Waals surface area contributed by atoms with Crippen LogP contribution in [0.3, 0.4) is 0 Å². The fourth-order valence-corrected chi connectivity index (χ4v) is 2.34. The molecule has 104 valence electrons. The van der Waals surface area contributed by atoms with E-state index in [4.69, 9.17) is 5.73 Å². The first-order valence-electron chi connectivity index (χ1n) is 6.86. The topological polar surface area (TPSA) is 66.6 Å². The maximum atomic E-state index is 12.3. The lowest BCUT2D eigenvalue weighted by Gasteiger charge is -2.35. The Morgan fingerprint density at radius 1 is 1.44 bits per heavy atom. The number of urea groups is 1. The van der Waals surface area contributed by atoms with Crippen LogP contribution in [0.2, 0.25) is 0 Å². The van der Waals surface area contributed by atoms with Gasteiger partial charge >= 0.3 is 6.03 Å². The summed E-state index contributed by atoms with van der Waals surface area (Å²) >= 11 is 0. The fourth-order valence-electron chi connectivity index (χ4n) is 2.34. The number of likely N-dealkylation sites (tertiary alicyclic amines) is 1. The average Bonchev–Trinajstić information content (AvgIpc) is 2.33. The van der Waals surface area contributed by atoms with Gasteiger partial charge in [0.15, 0.2) is 0 Å². The highest BCUT2D eigenvalue weighted by molar-refractivity contribution is 5.83. The highest BCUT2D eigenvalue weighted by Crippen LogP contribution is 2.17. The van der Waals surface area contributed by atoms with Crippen molar-refractivity contribution in [1.29, 1.82) is 0 Å². The van der Waals surface area contributed by atoms with Gasteiger partial charge < -0.3 is 15.5 Å². The zero-order chi connectivity index (χ0) is 13.5. The fraction of sp³-hybridized carbons (Fsp3) is 0.846. The Morgan fingerprint density at radius 2 is 2.17 bits per heavy atom. The Hall–Kier alpha value is -1.26. The van der Waals surface area contributed by atoms with Gasteiger partial charge in [-0.15, -0.1) is 0 Å². The number of unbranched alkanes of at least 4 members (excludes halogenated alkanes) is 1. The van der Waals surface area contributed by atoms with Crippen molar-refractivity contribution < 1.29 is 9.59 Å². The van der Waals surface area contributed by atoms with Crippen molar-refractivity contribution in [1.82, 2.24) is 9.80 Å². The van der Waals surface area contributed by atoms with Gasteiger partial charge in [-0.05, 0) is 25.2 Å². The minimum Gasteiger partial charge on any atom is -0.368 e. The van der Waals surface area contributed by atoms with Crippen LogP contribution in [0.25, 0.3) is 0 Å². The van der Waals surface area contributed by atoms with Crippen LogP contribution in [0, 0.1) is 5.92 Å². The Bertz CT molecular complexity index is 294. The monoisotopic (exact) mass is 255 g/mol. The molecule has 0 aliphatic carbocycles. The Morgan fingerprint density at radius 3 is 2.72 bits per heavy atom. The van der Waals surface area contributed by atoms with Crippen molar-refractivity contribution in [3.05, 3.63) is 0 Å². The number of amides is 3. The molecule has 5 heteroatoms. The minimum atomic E-state index is -0.440. The Labute approximate surface area is 109 Å². The molecule has 0 aromatic heterocycles. The lowest BCUT2D eigenvalue weighted by atomic mass is 10.0. The molecule has 5 nitrogen and oxygen atoms in total. The summed E-state index contributed by atoms with van der Waals surface area (Å²) < 4.78 is 0. The predicted molar refractivity (Wildman–Crippen MR) is 71.0 cm³/mol. The molecule has 1 fully saturated rings. The normalized spacial score (nSPS) is 19.7. The molecule has 1 unspecified atom stereocenters. The average molecular weight is 255 g/mol. The SMILES string of the molecule is CCCCN(CC(N)=O)C(=O)N1CCCC(C)C1. The zero-order valence-corrected chi connectivity index (χ0v) is 11.5. The van der Waals surface area contributed by atoms with Crippen LogP contribution in [0.1, 0.15) is 39.5 Å². The lowest BCUT2D eigenvalue weighted by molar-refractivity contribution is -0.118. The molecule has 1 heterocycles. The van der Waals surface area contributed by atoms with E-state index in [1.54, 1.807) is 4.90 Å². The van der Waals surface area contributed by atoms with Gasteiger partial charge in [-0.3, -0.25) is 4.79 Å². The second-order valence-corrected chi connectivity index (χ2v) is 5.22. The van der Waals surface area contributed by atoms with Crippen molar-refractivity contribution in [2.75, 3.05) is 26.2 Å². The van der Waals surface area contributed by atoms with Crippen molar-refractivity contribution in [2.24, 2.45) is 11.7 Å². The summed E-state index contributed by atoms with van der Waals surface area (Å²) in [5.41, 5.74) is 5.21. The van der Waals surface area contributed by atoms with E-state index in [2.05, 4.69) is 13.8 Å². The number of hydrogen-bond acceptors (Lipinski definition) is 2. The first-order valence-corrected chi connectivity index (χ1v) is 6.86. The summed E-state index contributed by atoms with van der Waals surface area (Å²) in [4.78, 5) is 26.8. The molecule has 1 saturated heterocycles. The van der Waals surface area contributed by atoms with Gasteiger partial charge in [-0.2, -0.15) is 0 Å². The summed E-state index contributed by atoms with van der Waals surface area (Å²) in [7, 11) is 0. The number of nitrogens with two attached hydrogens (primary N) is 1. The molecule has 0 bridgehead atoms. The molecule has 0 aromatic carbocycles. The predicted octanol–water partition coefficient (Wildman–Crippen LogP) is 1.43. The van der Waals surface area contributed by atoms with Crippen LogP contribution in [-0.2, 0) is 4.79 Å². The van der Waals surface area contributed by atoms with Gasteiger partial charge in [0.25, 0.3) is 0 Å². The van der Waals surface area contributed by atoms with E-state index in [0.29, 0.717) is 12.5 Å². The maximum absolute atomic E-state index is 12.3. The smallest absolute Gasteiger partial charge is 0.320 e. The molecule has 2 N–H and O–H groups in total. The third kappa shape index (κ3) is 4.55. The molecule has 1 rings (SSSR count). The van der Waals surface area contributed by atoms with Gasteiger partial charge in [0.05, 0.1) is 0 Å². The number of carbonyl (C=O) groups excluding carboxylic acids is 2. The van der Waals surface area contributed by atoms with E-state index in [1.807, 2.05) is 4.90 Å². The van der Waals surface area contributed by atoms with Crippen LogP contribution >= 0.6 is 0 Å². The molecular weight excluding hydrogens is 230 g/mol. The lowest BCUT2D eigenvalue weighted by Crippen LogP contribution is -2.49. The third-order valence-electron chi connectivity index (χ3n) is 3.33. The molecule has 18 heavy (non-hydrogen) atoms. The number of nitrogens with zero attached hydrogens (tertiary/aromatic N) is 2. The highest BCUT2D eigenvalue weighted by Gasteiger charge is 2.25. The van der Waals surface area contributed by atoms with Gasteiger partial charge in [0.2, 0.25) is 5.91 Å². The largest absolute Gasteiger partial charge is 0.368 e. The van der Waals surface area contributed by atoms with E-state index in [9.17, 15) is 9.59 Å². The number of rotatable bonds is 5. The molecule has 1 atom stereocenters. The van der Waals surface area contributed by atoms with E-state index in [0.717, 1.165) is 32.4 Å². The van der Waals surface area contributed by atoms with E-state index < -0.39 is 5.91 Å². The van der Waals surface area contributed by atoms with Crippen LogP contribution < -0.4 is 5.73 Å². The van der Waals surface area contributed by atoms with E-state index in [-0.39, 0.29) is 12.6 Å². The first kappa shape index (κ1) is 14.8. The molecular formula is C13H25N3O2. The van der Waals surface area contributed by atoms with E-state index >= 15 is 0 Å². The van der Waals surface area contributed by atoms with Crippen LogP contribution in [0.5, 0.6) is 0 Å². The molecule has 1 aliphatic heterocycles. The molecule has 0 aromatic rings. The minimum absolute atomic E-state index is 0.0315. The molecule has 0 radical (unpaired) electrons. The van der Waals surface area contributed by atoms with Gasteiger partial charge in [-0.1, -0.05) is 20.3 Å². The molecule has 0 saturated carbocycles. The third-order valence-corrected chi connectivity index (χ3v) is 3.33. The van der Waals surface area contributed by atoms with Gasteiger partial charge in [-0.25, -0.2) is 4.79 Å². The standard InChI is InChI=1S/C13H25N3O2/c1-3-4-7-16(10-12(14)17)13(18)15-8-5-6-11(2)9-15/h11H,3-10H2,1-2H3,(H2,14,17). The molecule has 1 aliphatic rings. The number of piperidine rings is 1. The summed E-state index contributed by atoms with van der Waals surface area (Å²) in [5.74, 6) is 0.105. The van der Waals surface area contributed by atoms with Gasteiger partial charge in [0.1, 0.15) is 6.54 Å². The highest BCUT2D eigenvalue weighted by atomic mass is 16.2. The maximum Gasteiger partial charge on any atom is 0.320 e. The quantitative estimate of drug-likeness (QED) is 0.807. The number of hydrogen-bond donors (Lipinski definition) is 1. The second-order valence-electron chi connectivity index (χ2n) is 5.22. The van der Waals surface area contributed by atoms with Crippen LogP contribution in [-0.4, -0.2) is 47.9 Å². The summed E-state index contributed by atoms with van der Waals surface area (Å²) in [6.07, 6.45) is 4.13. The number of carbonyl (C=O) groups is 2. The second kappa shape index (κ2) is 7.24.